The Balaban J connectivity index is 1.97. The Bertz CT molecular complexity index is 872. The van der Waals surface area contributed by atoms with Gasteiger partial charge in [-0.2, -0.15) is 0 Å². The Kier molecular flexibility index (Phi) is 5.93. The third kappa shape index (κ3) is 4.66. The Morgan fingerprint density at radius 2 is 1.93 bits per heavy atom. The average molecular weight is 381 g/mol. The molecule has 0 bridgehead atoms. The molecule has 2 aromatic rings. The van der Waals surface area contributed by atoms with Gasteiger partial charge in [0.2, 0.25) is 0 Å². The summed E-state index contributed by atoms with van der Waals surface area (Å²) >= 11 is 0. The van der Waals surface area contributed by atoms with Crippen LogP contribution >= 0.6 is 0 Å². The SMILES string of the molecule is CCOC(=O)C=C1NC(C)(C)Cc2cc(OC)c(OCc3ccccc3)cc21. The van der Waals surface area contributed by atoms with E-state index < -0.39 is 0 Å². The number of carbonyl (C=O) groups excluding carboxylic acids is 1. The molecule has 0 saturated carbocycles. The predicted octanol–water partition coefficient (Wildman–Crippen LogP) is 4.10. The van der Waals surface area contributed by atoms with E-state index in [9.17, 15) is 4.79 Å². The van der Waals surface area contributed by atoms with Crippen LogP contribution in [0.3, 0.4) is 0 Å². The average Bonchev–Trinajstić information content (AvgIpc) is 2.66. The third-order valence-corrected chi connectivity index (χ3v) is 4.57. The van der Waals surface area contributed by atoms with Crippen molar-refractivity contribution in [1.29, 1.82) is 0 Å². The lowest BCUT2D eigenvalue weighted by molar-refractivity contribution is -0.137. The Labute approximate surface area is 166 Å². The molecule has 0 atom stereocenters. The number of benzene rings is 2. The largest absolute Gasteiger partial charge is 0.493 e. The molecule has 0 amide bonds. The lowest BCUT2D eigenvalue weighted by atomic mass is 9.85. The first kappa shape index (κ1) is 19.8. The first-order valence-corrected chi connectivity index (χ1v) is 9.46. The van der Waals surface area contributed by atoms with E-state index in [1.807, 2.05) is 42.5 Å². The van der Waals surface area contributed by atoms with Gasteiger partial charge in [-0.05, 0) is 50.5 Å². The minimum atomic E-state index is -0.365. The van der Waals surface area contributed by atoms with Gasteiger partial charge in [0, 0.05) is 22.9 Å². The first-order valence-electron chi connectivity index (χ1n) is 9.46. The van der Waals surface area contributed by atoms with E-state index >= 15 is 0 Å². The molecule has 0 aliphatic carbocycles. The number of hydrogen-bond donors (Lipinski definition) is 1. The van der Waals surface area contributed by atoms with Gasteiger partial charge in [0.05, 0.1) is 13.7 Å². The molecule has 1 heterocycles. The molecular formula is C23H27NO4. The van der Waals surface area contributed by atoms with Gasteiger partial charge in [-0.25, -0.2) is 4.79 Å². The smallest absolute Gasteiger partial charge is 0.332 e. The molecule has 0 saturated heterocycles. The summed E-state index contributed by atoms with van der Waals surface area (Å²) in [6.45, 7) is 6.77. The highest BCUT2D eigenvalue weighted by Crippen LogP contribution is 2.38. The van der Waals surface area contributed by atoms with Gasteiger partial charge >= 0.3 is 5.97 Å². The fraction of sp³-hybridized carbons (Fsp3) is 0.348. The lowest BCUT2D eigenvalue weighted by Gasteiger charge is -2.36. The highest BCUT2D eigenvalue weighted by molar-refractivity contribution is 5.92. The fourth-order valence-electron chi connectivity index (χ4n) is 3.37. The number of hydrogen-bond acceptors (Lipinski definition) is 5. The highest BCUT2D eigenvalue weighted by atomic mass is 16.5. The van der Waals surface area contributed by atoms with Crippen LogP contribution in [-0.2, 0) is 22.6 Å². The Morgan fingerprint density at radius 3 is 2.61 bits per heavy atom. The third-order valence-electron chi connectivity index (χ3n) is 4.57. The zero-order chi connectivity index (χ0) is 20.1. The van der Waals surface area contributed by atoms with Crippen LogP contribution in [0.4, 0.5) is 0 Å². The molecule has 5 heteroatoms. The summed E-state index contributed by atoms with van der Waals surface area (Å²) in [4.78, 5) is 12.1. The number of methoxy groups -OCH3 is 1. The van der Waals surface area contributed by atoms with Gasteiger partial charge in [-0.1, -0.05) is 30.3 Å². The van der Waals surface area contributed by atoms with Crippen molar-refractivity contribution in [3.05, 3.63) is 65.2 Å². The van der Waals surface area contributed by atoms with E-state index in [0.29, 0.717) is 24.7 Å². The van der Waals surface area contributed by atoms with Crippen molar-refractivity contribution in [2.24, 2.45) is 0 Å². The van der Waals surface area contributed by atoms with Crippen LogP contribution in [0, 0.1) is 0 Å². The minimum absolute atomic E-state index is 0.192. The van der Waals surface area contributed by atoms with Crippen LogP contribution in [0.15, 0.2) is 48.5 Å². The maximum Gasteiger partial charge on any atom is 0.332 e. The molecule has 1 aliphatic heterocycles. The quantitative estimate of drug-likeness (QED) is 0.603. The summed E-state index contributed by atoms with van der Waals surface area (Å²) in [5.74, 6) is 0.959. The van der Waals surface area contributed by atoms with Crippen LogP contribution in [0.25, 0.3) is 5.70 Å². The number of esters is 1. The van der Waals surface area contributed by atoms with Crippen LogP contribution < -0.4 is 14.8 Å². The van der Waals surface area contributed by atoms with Gasteiger partial charge in [0.1, 0.15) is 6.61 Å². The van der Waals surface area contributed by atoms with Crippen molar-refractivity contribution in [2.75, 3.05) is 13.7 Å². The first-order chi connectivity index (χ1) is 13.4. The second kappa shape index (κ2) is 8.38. The maximum atomic E-state index is 12.1. The second-order valence-corrected chi connectivity index (χ2v) is 7.43. The van der Waals surface area contributed by atoms with Gasteiger partial charge in [-0.3, -0.25) is 0 Å². The van der Waals surface area contributed by atoms with E-state index in [1.165, 1.54) is 6.08 Å². The molecule has 148 valence electrons. The molecule has 1 aliphatic rings. The zero-order valence-corrected chi connectivity index (χ0v) is 16.9. The van der Waals surface area contributed by atoms with Crippen LogP contribution in [-0.4, -0.2) is 25.2 Å². The molecule has 5 nitrogen and oxygen atoms in total. The van der Waals surface area contributed by atoms with Gasteiger partial charge < -0.3 is 19.5 Å². The van der Waals surface area contributed by atoms with Crippen molar-refractivity contribution in [3.63, 3.8) is 0 Å². The van der Waals surface area contributed by atoms with E-state index in [-0.39, 0.29) is 11.5 Å². The number of carbonyl (C=O) groups is 1. The number of rotatable bonds is 6. The van der Waals surface area contributed by atoms with Gasteiger partial charge in [0.25, 0.3) is 0 Å². The van der Waals surface area contributed by atoms with Crippen molar-refractivity contribution < 1.29 is 19.0 Å². The monoisotopic (exact) mass is 381 g/mol. The molecule has 0 spiro atoms. The molecule has 0 fully saturated rings. The summed E-state index contributed by atoms with van der Waals surface area (Å²) in [6, 6.07) is 13.9. The summed E-state index contributed by atoms with van der Waals surface area (Å²) < 4.78 is 16.7. The summed E-state index contributed by atoms with van der Waals surface area (Å²) in [7, 11) is 1.64. The van der Waals surface area contributed by atoms with Crippen LogP contribution in [0.1, 0.15) is 37.5 Å². The molecule has 0 unspecified atom stereocenters. The van der Waals surface area contributed by atoms with E-state index in [1.54, 1.807) is 14.0 Å². The summed E-state index contributed by atoms with van der Waals surface area (Å²) in [5, 5.41) is 3.44. The van der Waals surface area contributed by atoms with E-state index in [4.69, 9.17) is 14.2 Å². The molecular weight excluding hydrogens is 354 g/mol. The molecule has 1 N–H and O–H groups in total. The number of fused-ring (bicyclic) bond motifs is 1. The van der Waals surface area contributed by atoms with Gasteiger partial charge in [0.15, 0.2) is 11.5 Å². The number of ether oxygens (including phenoxy) is 3. The fourth-order valence-corrected chi connectivity index (χ4v) is 3.37. The summed E-state index contributed by atoms with van der Waals surface area (Å²) in [6.07, 6.45) is 2.31. The van der Waals surface area contributed by atoms with Crippen LogP contribution in [0.2, 0.25) is 0 Å². The molecule has 28 heavy (non-hydrogen) atoms. The molecule has 3 rings (SSSR count). The molecule has 0 radical (unpaired) electrons. The maximum absolute atomic E-state index is 12.1. The van der Waals surface area contributed by atoms with Crippen LogP contribution in [0.5, 0.6) is 11.5 Å². The molecule has 2 aromatic carbocycles. The van der Waals surface area contributed by atoms with Crippen molar-refractivity contribution >= 4 is 11.7 Å². The Morgan fingerprint density at radius 1 is 1.18 bits per heavy atom. The topological polar surface area (TPSA) is 56.8 Å². The zero-order valence-electron chi connectivity index (χ0n) is 16.9. The molecule has 0 aromatic heterocycles. The lowest BCUT2D eigenvalue weighted by Crippen LogP contribution is -2.44. The predicted molar refractivity (Wildman–Crippen MR) is 109 cm³/mol. The standard InChI is InChI=1S/C23H27NO4/c1-5-27-22(25)13-19-18-12-21(28-15-16-9-7-6-8-10-16)20(26-4)11-17(18)14-23(2,3)24-19/h6-13,24H,5,14-15H2,1-4H3. The van der Waals surface area contributed by atoms with E-state index in [2.05, 4.69) is 19.2 Å². The highest BCUT2D eigenvalue weighted by Gasteiger charge is 2.29. The van der Waals surface area contributed by atoms with Crippen molar-refractivity contribution in [2.45, 2.75) is 39.3 Å². The van der Waals surface area contributed by atoms with E-state index in [0.717, 1.165) is 28.8 Å². The van der Waals surface area contributed by atoms with Crippen molar-refractivity contribution in [1.82, 2.24) is 5.32 Å². The minimum Gasteiger partial charge on any atom is -0.493 e. The second-order valence-electron chi connectivity index (χ2n) is 7.43. The number of nitrogens with one attached hydrogen (secondary N) is 1. The van der Waals surface area contributed by atoms with Gasteiger partial charge in [-0.15, -0.1) is 0 Å². The normalized spacial score (nSPS) is 16.1. The summed E-state index contributed by atoms with van der Waals surface area (Å²) in [5.41, 5.74) is 3.64. The Hall–Kier alpha value is -2.95. The van der Waals surface area contributed by atoms with Crippen molar-refractivity contribution in [3.8, 4) is 11.5 Å².